The lowest BCUT2D eigenvalue weighted by Crippen LogP contribution is -2.14. The van der Waals surface area contributed by atoms with Crippen molar-refractivity contribution >= 4 is 23.1 Å². The summed E-state index contributed by atoms with van der Waals surface area (Å²) in [7, 11) is 3.88. The molecule has 0 saturated heterocycles. The minimum Gasteiger partial charge on any atom is -0.485 e. The van der Waals surface area contributed by atoms with Crippen LogP contribution >= 0.6 is 0 Å². The predicted octanol–water partition coefficient (Wildman–Crippen LogP) is 3.87. The zero-order valence-electron chi connectivity index (χ0n) is 16.3. The van der Waals surface area contributed by atoms with E-state index in [-0.39, 0.29) is 5.91 Å². The van der Waals surface area contributed by atoms with Crippen LogP contribution in [0.3, 0.4) is 0 Å². The standard InChI is InChI=1S/C22H24N4O2/c1-15-10-11-20(21(23)24-15)28-14-16-6-4-8-18(12-16)25-22(27)17-7-5-9-19(13-17)26(2)3/h4-13H,14H2,1-3H3,(H2,23,24)(H,25,27). The van der Waals surface area contributed by atoms with Gasteiger partial charge in [0.2, 0.25) is 0 Å². The van der Waals surface area contributed by atoms with Crippen molar-refractivity contribution < 1.29 is 9.53 Å². The highest BCUT2D eigenvalue weighted by molar-refractivity contribution is 6.04. The fourth-order valence-corrected chi connectivity index (χ4v) is 2.71. The van der Waals surface area contributed by atoms with Gasteiger partial charge in [-0.25, -0.2) is 4.98 Å². The van der Waals surface area contributed by atoms with Gasteiger partial charge in [-0.2, -0.15) is 0 Å². The fourth-order valence-electron chi connectivity index (χ4n) is 2.71. The van der Waals surface area contributed by atoms with Gasteiger partial charge in [-0.15, -0.1) is 0 Å². The fraction of sp³-hybridized carbons (Fsp3) is 0.182. The van der Waals surface area contributed by atoms with Crippen LogP contribution in [0.4, 0.5) is 17.2 Å². The minimum absolute atomic E-state index is 0.159. The average Bonchev–Trinajstić information content (AvgIpc) is 2.67. The molecule has 2 aromatic carbocycles. The maximum absolute atomic E-state index is 12.6. The van der Waals surface area contributed by atoms with E-state index < -0.39 is 0 Å². The Balaban J connectivity index is 1.67. The Morgan fingerprint density at radius 3 is 2.64 bits per heavy atom. The van der Waals surface area contributed by atoms with Crippen molar-refractivity contribution in [3.63, 3.8) is 0 Å². The van der Waals surface area contributed by atoms with Crippen LogP contribution < -0.4 is 20.7 Å². The Hall–Kier alpha value is -3.54. The van der Waals surface area contributed by atoms with Crippen molar-refractivity contribution in [3.8, 4) is 5.75 Å². The summed E-state index contributed by atoms with van der Waals surface area (Å²) in [4.78, 5) is 18.7. The molecule has 3 N–H and O–H groups in total. The molecular weight excluding hydrogens is 352 g/mol. The average molecular weight is 376 g/mol. The van der Waals surface area contributed by atoms with Crippen molar-refractivity contribution in [2.75, 3.05) is 30.0 Å². The number of benzene rings is 2. The molecule has 6 heteroatoms. The summed E-state index contributed by atoms with van der Waals surface area (Å²) < 4.78 is 5.76. The van der Waals surface area contributed by atoms with E-state index in [1.54, 1.807) is 12.1 Å². The van der Waals surface area contributed by atoms with Gasteiger partial charge in [0, 0.05) is 36.7 Å². The third-order valence-corrected chi connectivity index (χ3v) is 4.23. The van der Waals surface area contributed by atoms with E-state index in [9.17, 15) is 4.79 Å². The predicted molar refractivity (Wildman–Crippen MR) is 113 cm³/mol. The lowest BCUT2D eigenvalue weighted by atomic mass is 10.1. The largest absolute Gasteiger partial charge is 0.485 e. The summed E-state index contributed by atoms with van der Waals surface area (Å²) in [5.74, 6) is 0.750. The van der Waals surface area contributed by atoms with Crippen LogP contribution in [0.15, 0.2) is 60.7 Å². The number of hydrogen-bond donors (Lipinski definition) is 2. The molecule has 0 radical (unpaired) electrons. The quantitative estimate of drug-likeness (QED) is 0.683. The highest BCUT2D eigenvalue weighted by Gasteiger charge is 2.09. The molecule has 144 valence electrons. The summed E-state index contributed by atoms with van der Waals surface area (Å²) in [5, 5.41) is 2.93. The van der Waals surface area contributed by atoms with Crippen molar-refractivity contribution in [2.24, 2.45) is 0 Å². The maximum Gasteiger partial charge on any atom is 0.255 e. The summed E-state index contributed by atoms with van der Waals surface area (Å²) >= 11 is 0. The third kappa shape index (κ3) is 4.79. The van der Waals surface area contributed by atoms with E-state index >= 15 is 0 Å². The van der Waals surface area contributed by atoms with Gasteiger partial charge in [0.05, 0.1) is 0 Å². The lowest BCUT2D eigenvalue weighted by molar-refractivity contribution is 0.102. The molecule has 0 unspecified atom stereocenters. The van der Waals surface area contributed by atoms with E-state index in [0.29, 0.717) is 29.4 Å². The Labute approximate surface area is 165 Å². The zero-order chi connectivity index (χ0) is 20.1. The highest BCUT2D eigenvalue weighted by atomic mass is 16.5. The molecule has 0 fully saturated rings. The van der Waals surface area contributed by atoms with Crippen LogP contribution in [0.1, 0.15) is 21.6 Å². The first kappa shape index (κ1) is 19.2. The van der Waals surface area contributed by atoms with Crippen LogP contribution in [0.5, 0.6) is 5.75 Å². The number of aryl methyl sites for hydroxylation is 1. The number of carbonyl (C=O) groups is 1. The number of anilines is 3. The molecule has 0 aliphatic rings. The van der Waals surface area contributed by atoms with Gasteiger partial charge in [0.1, 0.15) is 6.61 Å². The summed E-state index contributed by atoms with van der Waals surface area (Å²) in [5.41, 5.74) is 9.92. The van der Waals surface area contributed by atoms with Crippen LogP contribution in [0.25, 0.3) is 0 Å². The number of amides is 1. The summed E-state index contributed by atoms with van der Waals surface area (Å²) in [6, 6.07) is 18.7. The van der Waals surface area contributed by atoms with E-state index in [2.05, 4.69) is 10.3 Å². The Kier molecular flexibility index (Phi) is 5.79. The van der Waals surface area contributed by atoms with Gasteiger partial charge in [0.15, 0.2) is 11.6 Å². The molecule has 0 spiro atoms. The lowest BCUT2D eigenvalue weighted by Gasteiger charge is -2.14. The molecular formula is C22H24N4O2. The molecule has 3 rings (SSSR count). The van der Waals surface area contributed by atoms with Gasteiger partial charge in [-0.1, -0.05) is 18.2 Å². The monoisotopic (exact) mass is 376 g/mol. The second-order valence-corrected chi connectivity index (χ2v) is 6.72. The molecule has 3 aromatic rings. The van der Waals surface area contributed by atoms with Crippen molar-refractivity contribution in [1.29, 1.82) is 0 Å². The van der Waals surface area contributed by atoms with Crippen LogP contribution in [-0.4, -0.2) is 25.0 Å². The number of nitrogens with one attached hydrogen (secondary N) is 1. The van der Waals surface area contributed by atoms with Crippen LogP contribution in [0, 0.1) is 6.92 Å². The Morgan fingerprint density at radius 2 is 1.89 bits per heavy atom. The first-order valence-corrected chi connectivity index (χ1v) is 8.96. The zero-order valence-corrected chi connectivity index (χ0v) is 16.3. The molecule has 0 aliphatic heterocycles. The van der Waals surface area contributed by atoms with Gasteiger partial charge in [0.25, 0.3) is 5.91 Å². The number of ether oxygens (including phenoxy) is 1. The molecule has 6 nitrogen and oxygen atoms in total. The van der Waals surface area contributed by atoms with E-state index in [4.69, 9.17) is 10.5 Å². The van der Waals surface area contributed by atoms with Gasteiger partial charge in [-0.05, 0) is 55.0 Å². The molecule has 0 aliphatic carbocycles. The number of nitrogen functional groups attached to an aromatic ring is 1. The van der Waals surface area contributed by atoms with E-state index in [1.807, 2.05) is 74.4 Å². The number of carbonyl (C=O) groups excluding carboxylic acids is 1. The van der Waals surface area contributed by atoms with Gasteiger partial charge in [-0.3, -0.25) is 4.79 Å². The first-order valence-electron chi connectivity index (χ1n) is 8.96. The van der Waals surface area contributed by atoms with Gasteiger partial charge < -0.3 is 20.7 Å². The van der Waals surface area contributed by atoms with Gasteiger partial charge >= 0.3 is 0 Å². The number of nitrogens with two attached hydrogens (primary N) is 1. The topological polar surface area (TPSA) is 80.5 Å². The van der Waals surface area contributed by atoms with E-state index in [0.717, 1.165) is 16.9 Å². The van der Waals surface area contributed by atoms with Crippen molar-refractivity contribution in [1.82, 2.24) is 4.98 Å². The van der Waals surface area contributed by atoms with Crippen LogP contribution in [0.2, 0.25) is 0 Å². The summed E-state index contributed by atoms with van der Waals surface area (Å²) in [6.45, 7) is 2.20. The highest BCUT2D eigenvalue weighted by Crippen LogP contribution is 2.21. The third-order valence-electron chi connectivity index (χ3n) is 4.23. The maximum atomic E-state index is 12.6. The van der Waals surface area contributed by atoms with Crippen molar-refractivity contribution in [2.45, 2.75) is 13.5 Å². The number of pyridine rings is 1. The molecule has 0 bridgehead atoms. The Bertz CT molecular complexity index is 986. The van der Waals surface area contributed by atoms with Crippen LogP contribution in [-0.2, 0) is 6.61 Å². The van der Waals surface area contributed by atoms with Crippen molar-refractivity contribution in [3.05, 3.63) is 77.5 Å². The van der Waals surface area contributed by atoms with E-state index in [1.165, 1.54) is 0 Å². The summed E-state index contributed by atoms with van der Waals surface area (Å²) in [6.07, 6.45) is 0. The molecule has 0 saturated carbocycles. The molecule has 1 amide bonds. The normalized spacial score (nSPS) is 10.4. The minimum atomic E-state index is -0.159. The molecule has 0 atom stereocenters. The second kappa shape index (κ2) is 8.43. The first-order chi connectivity index (χ1) is 13.4. The SMILES string of the molecule is Cc1ccc(OCc2cccc(NC(=O)c3cccc(N(C)C)c3)c2)c(N)n1. The smallest absolute Gasteiger partial charge is 0.255 e. The molecule has 1 heterocycles. The molecule has 1 aromatic heterocycles. The second-order valence-electron chi connectivity index (χ2n) is 6.72. The number of nitrogens with zero attached hydrogens (tertiary/aromatic N) is 2. The number of aromatic nitrogens is 1. The Morgan fingerprint density at radius 1 is 1.11 bits per heavy atom. The number of hydrogen-bond acceptors (Lipinski definition) is 5. The number of rotatable bonds is 6. The molecule has 28 heavy (non-hydrogen) atoms.